The number of rotatable bonds is 10. The van der Waals surface area contributed by atoms with Crippen LogP contribution in [0, 0.1) is 6.92 Å². The van der Waals surface area contributed by atoms with Gasteiger partial charge in [-0.05, 0) is 43.5 Å². The molecule has 0 atom stereocenters. The minimum atomic E-state index is -0.204. The van der Waals surface area contributed by atoms with E-state index in [1.807, 2.05) is 31.2 Å². The highest BCUT2D eigenvalue weighted by Gasteiger charge is 2.10. The van der Waals surface area contributed by atoms with E-state index in [2.05, 4.69) is 20.6 Å². The normalized spacial score (nSPS) is 10.4. The largest absolute Gasteiger partial charge is 0.497 e. The van der Waals surface area contributed by atoms with Gasteiger partial charge in [0.15, 0.2) is 0 Å². The summed E-state index contributed by atoms with van der Waals surface area (Å²) in [6, 6.07) is 9.60. The van der Waals surface area contributed by atoms with Crippen molar-refractivity contribution < 1.29 is 14.3 Å². The van der Waals surface area contributed by atoms with Crippen LogP contribution in [0.1, 0.15) is 28.2 Å². The van der Waals surface area contributed by atoms with Crippen LogP contribution in [0.4, 0.5) is 5.95 Å². The number of methoxy groups -OCH3 is 2. The van der Waals surface area contributed by atoms with Gasteiger partial charge in [0.2, 0.25) is 5.95 Å². The number of aromatic nitrogens is 2. The fourth-order valence-electron chi connectivity index (χ4n) is 2.38. The maximum atomic E-state index is 12.2. The number of hydrogen-bond acceptors (Lipinski definition) is 6. The minimum absolute atomic E-state index is 0.204. The Morgan fingerprint density at radius 1 is 1.12 bits per heavy atom. The summed E-state index contributed by atoms with van der Waals surface area (Å²) >= 11 is 0. The molecule has 0 bridgehead atoms. The molecule has 0 aliphatic heterocycles. The van der Waals surface area contributed by atoms with E-state index in [1.54, 1.807) is 20.3 Å². The number of benzene rings is 1. The molecule has 0 aliphatic rings. The maximum Gasteiger partial charge on any atom is 0.270 e. The van der Waals surface area contributed by atoms with Crippen molar-refractivity contribution >= 4 is 11.9 Å². The third-order valence-corrected chi connectivity index (χ3v) is 3.75. The van der Waals surface area contributed by atoms with Crippen molar-refractivity contribution in [2.24, 2.45) is 0 Å². The zero-order valence-corrected chi connectivity index (χ0v) is 15.5. The first-order valence-electron chi connectivity index (χ1n) is 8.62. The minimum Gasteiger partial charge on any atom is -0.497 e. The van der Waals surface area contributed by atoms with Crippen LogP contribution in [0.5, 0.6) is 5.75 Å². The summed E-state index contributed by atoms with van der Waals surface area (Å²) in [5, 5.41) is 6.01. The molecule has 0 fully saturated rings. The van der Waals surface area contributed by atoms with Crippen LogP contribution >= 0.6 is 0 Å². The van der Waals surface area contributed by atoms with E-state index in [0.717, 1.165) is 24.3 Å². The second-order valence-corrected chi connectivity index (χ2v) is 5.85. The van der Waals surface area contributed by atoms with Crippen LogP contribution < -0.4 is 15.4 Å². The molecule has 0 radical (unpaired) electrons. The number of anilines is 1. The van der Waals surface area contributed by atoms with Crippen LogP contribution in [0.3, 0.4) is 0 Å². The van der Waals surface area contributed by atoms with Crippen LogP contribution in [0.15, 0.2) is 30.3 Å². The second-order valence-electron chi connectivity index (χ2n) is 5.85. The predicted octanol–water partition coefficient (Wildman–Crippen LogP) is 2.21. The van der Waals surface area contributed by atoms with Gasteiger partial charge in [-0.1, -0.05) is 12.1 Å². The summed E-state index contributed by atoms with van der Waals surface area (Å²) < 4.78 is 10.1. The molecule has 0 spiro atoms. The van der Waals surface area contributed by atoms with Crippen molar-refractivity contribution in [3.05, 3.63) is 47.3 Å². The van der Waals surface area contributed by atoms with Gasteiger partial charge in [-0.15, -0.1) is 0 Å². The summed E-state index contributed by atoms with van der Waals surface area (Å²) in [7, 11) is 3.29. The Morgan fingerprint density at radius 2 is 1.88 bits per heavy atom. The molecule has 7 nitrogen and oxygen atoms in total. The van der Waals surface area contributed by atoms with Gasteiger partial charge in [-0.25, -0.2) is 9.97 Å². The quantitative estimate of drug-likeness (QED) is 0.634. The number of ether oxygens (including phenoxy) is 2. The Kier molecular flexibility index (Phi) is 7.82. The van der Waals surface area contributed by atoms with Gasteiger partial charge < -0.3 is 20.1 Å². The molecule has 140 valence electrons. The molecule has 2 N–H and O–H groups in total. The van der Waals surface area contributed by atoms with Gasteiger partial charge in [-0.3, -0.25) is 4.79 Å². The highest BCUT2D eigenvalue weighted by atomic mass is 16.5. The SMILES string of the molecule is COCCCNC(=O)c1cc(C)nc(NCCc2ccc(OC)cc2)n1. The Labute approximate surface area is 154 Å². The third-order valence-electron chi connectivity index (χ3n) is 3.75. The smallest absolute Gasteiger partial charge is 0.270 e. The zero-order valence-electron chi connectivity index (χ0n) is 15.5. The van der Waals surface area contributed by atoms with Crippen molar-refractivity contribution in [2.45, 2.75) is 19.8 Å². The molecule has 0 saturated heterocycles. The van der Waals surface area contributed by atoms with Crippen molar-refractivity contribution in [2.75, 3.05) is 39.2 Å². The number of carbonyl (C=O) groups is 1. The van der Waals surface area contributed by atoms with E-state index < -0.39 is 0 Å². The number of amides is 1. The molecule has 2 aromatic rings. The topological polar surface area (TPSA) is 85.4 Å². The second kappa shape index (κ2) is 10.4. The van der Waals surface area contributed by atoms with Gasteiger partial charge >= 0.3 is 0 Å². The Balaban J connectivity index is 1.88. The molecule has 7 heteroatoms. The van der Waals surface area contributed by atoms with Crippen LogP contribution in [0.25, 0.3) is 0 Å². The van der Waals surface area contributed by atoms with Crippen LogP contribution in [-0.2, 0) is 11.2 Å². The average Bonchev–Trinajstić information content (AvgIpc) is 2.65. The lowest BCUT2D eigenvalue weighted by atomic mass is 10.1. The van der Waals surface area contributed by atoms with Crippen LogP contribution in [-0.4, -0.2) is 49.8 Å². The molecule has 26 heavy (non-hydrogen) atoms. The van der Waals surface area contributed by atoms with Gasteiger partial charge in [0, 0.05) is 32.5 Å². The standard InChI is InChI=1S/C19H26N4O3/c1-14-13-17(18(24)20-10-4-12-25-2)23-19(22-14)21-11-9-15-5-7-16(26-3)8-6-15/h5-8,13H,4,9-12H2,1-3H3,(H,20,24)(H,21,22,23). The van der Waals surface area contributed by atoms with Crippen molar-refractivity contribution in [3.8, 4) is 5.75 Å². The summed E-state index contributed by atoms with van der Waals surface area (Å²) in [5.74, 6) is 1.09. The number of aryl methyl sites for hydroxylation is 1. The molecular formula is C19H26N4O3. The van der Waals surface area contributed by atoms with Crippen LogP contribution in [0.2, 0.25) is 0 Å². The highest BCUT2D eigenvalue weighted by Crippen LogP contribution is 2.12. The summed E-state index contributed by atoms with van der Waals surface area (Å²) in [6.07, 6.45) is 1.58. The van der Waals surface area contributed by atoms with Gasteiger partial charge in [0.05, 0.1) is 7.11 Å². The first-order chi connectivity index (χ1) is 12.6. The third kappa shape index (κ3) is 6.33. The van der Waals surface area contributed by atoms with Gasteiger partial charge in [0.25, 0.3) is 5.91 Å². The molecule has 2 rings (SSSR count). The van der Waals surface area contributed by atoms with E-state index in [0.29, 0.717) is 31.3 Å². The average molecular weight is 358 g/mol. The summed E-state index contributed by atoms with van der Waals surface area (Å²) in [4.78, 5) is 20.8. The first kappa shape index (κ1) is 19.7. The Morgan fingerprint density at radius 3 is 2.58 bits per heavy atom. The Bertz CT molecular complexity index is 704. The fourth-order valence-corrected chi connectivity index (χ4v) is 2.38. The van der Waals surface area contributed by atoms with E-state index >= 15 is 0 Å². The Hall–Kier alpha value is -2.67. The molecule has 0 unspecified atom stereocenters. The van der Waals surface area contributed by atoms with E-state index in [4.69, 9.17) is 9.47 Å². The summed E-state index contributed by atoms with van der Waals surface area (Å²) in [5.41, 5.74) is 2.29. The van der Waals surface area contributed by atoms with E-state index in [-0.39, 0.29) is 5.91 Å². The number of carbonyl (C=O) groups excluding carboxylic acids is 1. The monoisotopic (exact) mass is 358 g/mol. The molecule has 1 heterocycles. The molecule has 0 saturated carbocycles. The van der Waals surface area contributed by atoms with Gasteiger partial charge in [-0.2, -0.15) is 0 Å². The molecular weight excluding hydrogens is 332 g/mol. The molecule has 0 aliphatic carbocycles. The molecule has 1 aromatic carbocycles. The van der Waals surface area contributed by atoms with Crippen molar-refractivity contribution in [1.29, 1.82) is 0 Å². The lowest BCUT2D eigenvalue weighted by Crippen LogP contribution is -2.26. The summed E-state index contributed by atoms with van der Waals surface area (Å²) in [6.45, 7) is 3.68. The number of nitrogens with zero attached hydrogens (tertiary/aromatic N) is 2. The highest BCUT2D eigenvalue weighted by molar-refractivity contribution is 5.92. The van der Waals surface area contributed by atoms with E-state index in [1.165, 1.54) is 5.56 Å². The fraction of sp³-hybridized carbons (Fsp3) is 0.421. The molecule has 1 amide bonds. The van der Waals surface area contributed by atoms with Gasteiger partial charge in [0.1, 0.15) is 11.4 Å². The lowest BCUT2D eigenvalue weighted by molar-refractivity contribution is 0.0943. The van der Waals surface area contributed by atoms with E-state index in [9.17, 15) is 4.79 Å². The van der Waals surface area contributed by atoms with Crippen molar-refractivity contribution in [1.82, 2.24) is 15.3 Å². The molecule has 1 aromatic heterocycles. The predicted molar refractivity (Wildman–Crippen MR) is 101 cm³/mol. The number of hydrogen-bond donors (Lipinski definition) is 2. The van der Waals surface area contributed by atoms with Crippen molar-refractivity contribution in [3.63, 3.8) is 0 Å². The zero-order chi connectivity index (χ0) is 18.8. The maximum absolute atomic E-state index is 12.2. The first-order valence-corrected chi connectivity index (χ1v) is 8.62. The number of nitrogens with one attached hydrogen (secondary N) is 2. The lowest BCUT2D eigenvalue weighted by Gasteiger charge is -2.09.